The van der Waals surface area contributed by atoms with Crippen molar-refractivity contribution in [2.24, 2.45) is 10.1 Å². The van der Waals surface area contributed by atoms with E-state index >= 15 is 4.39 Å². The van der Waals surface area contributed by atoms with Crippen LogP contribution in [-0.2, 0) is 6.42 Å². The van der Waals surface area contributed by atoms with Crippen LogP contribution < -0.4 is 20.8 Å². The molecule has 0 aliphatic rings. The van der Waals surface area contributed by atoms with Crippen LogP contribution in [0.1, 0.15) is 26.3 Å². The molecule has 0 aliphatic carbocycles. The van der Waals surface area contributed by atoms with Gasteiger partial charge in [0.2, 0.25) is 0 Å². The van der Waals surface area contributed by atoms with E-state index < -0.39 is 7.12 Å². The van der Waals surface area contributed by atoms with Gasteiger partial charge in [0.15, 0.2) is 11.2 Å². The molecule has 2 aromatic carbocycles. The summed E-state index contributed by atoms with van der Waals surface area (Å²) in [6, 6.07) is 13.8. The molecule has 2 N–H and O–H groups in total. The Balaban J connectivity index is 1.55. The number of anilines is 1. The summed E-state index contributed by atoms with van der Waals surface area (Å²) in [6.45, 7) is 11.8. The number of hydrogen-bond acceptors (Lipinski definition) is 7. The predicted molar refractivity (Wildman–Crippen MR) is 155 cm³/mol. The molecule has 8 nitrogen and oxygen atoms in total. The molecule has 0 fully saturated rings. The highest BCUT2D eigenvalue weighted by Crippen LogP contribution is 2.50. The number of ether oxygens (including phenoxy) is 1. The van der Waals surface area contributed by atoms with Gasteiger partial charge in [-0.15, -0.1) is 0 Å². The number of aromatic amines is 1. The molecule has 1 atom stereocenters. The van der Waals surface area contributed by atoms with E-state index in [4.69, 9.17) is 4.74 Å². The van der Waals surface area contributed by atoms with Crippen molar-refractivity contribution in [3.05, 3.63) is 78.1 Å². The van der Waals surface area contributed by atoms with Gasteiger partial charge < -0.3 is 10.1 Å². The maximum absolute atomic E-state index is 15.1. The van der Waals surface area contributed by atoms with E-state index in [2.05, 4.69) is 75.2 Å². The summed E-state index contributed by atoms with van der Waals surface area (Å²) in [5, 5.41) is 14.8. The van der Waals surface area contributed by atoms with Crippen LogP contribution in [-0.4, -0.2) is 46.0 Å². The van der Waals surface area contributed by atoms with Gasteiger partial charge in [-0.1, -0.05) is 36.5 Å². The molecule has 0 spiro atoms. The number of benzene rings is 2. The van der Waals surface area contributed by atoms with Crippen LogP contribution in [0, 0.1) is 5.82 Å². The standard InChI is InChI=1S/C27H31FN7OPS/c1-6-19-8-7-9-22(12-19)38-37(5)21-10-11-24(23(28)13-21)30-16-31-27-26(36-18(2)3)25(20-14-33-34-15-20)32-17-35(27)29-4/h7-15,17-18,30H,4,6,16H2,1-3,5H3,(H,33,34)/b31-27-. The van der Waals surface area contributed by atoms with Crippen molar-refractivity contribution in [3.8, 4) is 17.0 Å². The number of hydrogen-bond donors (Lipinski definition) is 2. The minimum atomic E-state index is -0.617. The van der Waals surface area contributed by atoms with Crippen molar-refractivity contribution in [2.75, 3.05) is 18.7 Å². The zero-order valence-corrected chi connectivity index (χ0v) is 23.6. The van der Waals surface area contributed by atoms with Crippen molar-refractivity contribution in [3.63, 3.8) is 0 Å². The van der Waals surface area contributed by atoms with Gasteiger partial charge in [-0.2, -0.15) is 10.2 Å². The quantitative estimate of drug-likeness (QED) is 0.186. The highest BCUT2D eigenvalue weighted by atomic mass is 32.7. The van der Waals surface area contributed by atoms with Gasteiger partial charge in [0, 0.05) is 23.4 Å². The van der Waals surface area contributed by atoms with Gasteiger partial charge in [-0.3, -0.25) is 5.10 Å². The first kappa shape index (κ1) is 27.5. The third-order valence-electron chi connectivity index (χ3n) is 5.57. The van der Waals surface area contributed by atoms with Crippen LogP contribution in [0.25, 0.3) is 11.3 Å². The summed E-state index contributed by atoms with van der Waals surface area (Å²) in [5.74, 6) is 0.117. The van der Waals surface area contributed by atoms with Gasteiger partial charge in [-0.25, -0.2) is 19.0 Å². The molecule has 11 heteroatoms. The molecule has 4 rings (SSSR count). The lowest BCUT2D eigenvalue weighted by Gasteiger charge is -2.15. The van der Waals surface area contributed by atoms with Gasteiger partial charge >= 0.3 is 0 Å². The molecule has 0 bridgehead atoms. The number of nitrogens with zero attached hydrogens (tertiary/aromatic N) is 5. The highest BCUT2D eigenvalue weighted by molar-refractivity contribution is 8.57. The molecular formula is C27H31FN7OPS. The second-order valence-corrected chi connectivity index (χ2v) is 13.0. The first-order valence-corrected chi connectivity index (χ1v) is 15.4. The minimum Gasteiger partial charge on any atom is -0.485 e. The normalized spacial score (nSPS) is 12.5. The topological polar surface area (TPSA) is 92.5 Å². The molecular weight excluding hydrogens is 520 g/mol. The minimum absolute atomic E-state index is 0.0918. The summed E-state index contributed by atoms with van der Waals surface area (Å²) in [4.78, 5) is 10.3. The first-order valence-electron chi connectivity index (χ1n) is 12.2. The maximum Gasteiger partial charge on any atom is 0.197 e. The Labute approximate surface area is 227 Å². The summed E-state index contributed by atoms with van der Waals surface area (Å²) in [5.41, 5.74) is 3.40. The van der Waals surface area contributed by atoms with Crippen molar-refractivity contribution in [1.82, 2.24) is 19.9 Å². The Morgan fingerprint density at radius 3 is 2.79 bits per heavy atom. The number of halogens is 1. The molecule has 0 saturated carbocycles. The summed E-state index contributed by atoms with van der Waals surface area (Å²) < 4.78 is 22.6. The van der Waals surface area contributed by atoms with Crippen LogP contribution in [0.4, 0.5) is 10.1 Å². The SMILES string of the molecule is C=Nn1cnc(-c2cn[nH]c2)c(OC(C)C)/c1=N/CNc1ccc(P(C)Sc2cccc(CC)c2)cc1F. The molecule has 2 aromatic heterocycles. The zero-order chi connectivity index (χ0) is 27.1. The lowest BCUT2D eigenvalue weighted by Crippen LogP contribution is -2.25. The second kappa shape index (κ2) is 12.8. The fourth-order valence-corrected chi connectivity index (χ4v) is 6.98. The van der Waals surface area contributed by atoms with E-state index in [1.54, 1.807) is 35.9 Å². The molecule has 0 saturated heterocycles. The molecule has 1 unspecified atom stereocenters. The summed E-state index contributed by atoms with van der Waals surface area (Å²) >= 11 is 1.78. The largest absolute Gasteiger partial charge is 0.485 e. The van der Waals surface area contributed by atoms with Crippen molar-refractivity contribution in [2.45, 2.75) is 38.2 Å². The van der Waals surface area contributed by atoms with Crippen LogP contribution in [0.5, 0.6) is 5.75 Å². The van der Waals surface area contributed by atoms with Gasteiger partial charge in [0.25, 0.3) is 0 Å². The Morgan fingerprint density at radius 2 is 2.11 bits per heavy atom. The van der Waals surface area contributed by atoms with E-state index in [1.165, 1.54) is 21.5 Å². The highest BCUT2D eigenvalue weighted by Gasteiger charge is 2.16. The van der Waals surface area contributed by atoms with Crippen molar-refractivity contribution < 1.29 is 9.13 Å². The van der Waals surface area contributed by atoms with E-state index in [0.717, 1.165) is 17.3 Å². The van der Waals surface area contributed by atoms with Gasteiger partial charge in [0.1, 0.15) is 24.5 Å². The van der Waals surface area contributed by atoms with Crippen LogP contribution in [0.15, 0.2) is 76.2 Å². The molecule has 2 heterocycles. The summed E-state index contributed by atoms with van der Waals surface area (Å²) in [6.07, 6.45) is 5.74. The van der Waals surface area contributed by atoms with Gasteiger partial charge in [0.05, 0.1) is 18.0 Å². The van der Waals surface area contributed by atoms with Crippen LogP contribution in [0.3, 0.4) is 0 Å². The third kappa shape index (κ3) is 6.68. The number of H-pyrrole nitrogens is 1. The Kier molecular flexibility index (Phi) is 9.31. The molecule has 0 aliphatic heterocycles. The van der Waals surface area contributed by atoms with Crippen molar-refractivity contribution >= 4 is 36.2 Å². The fraction of sp³-hybridized carbons (Fsp3) is 0.259. The van der Waals surface area contributed by atoms with E-state index in [9.17, 15) is 0 Å². The maximum atomic E-state index is 15.1. The van der Waals surface area contributed by atoms with E-state index in [-0.39, 0.29) is 18.6 Å². The Bertz CT molecular complexity index is 1460. The smallest absolute Gasteiger partial charge is 0.197 e. The number of rotatable bonds is 11. The molecule has 198 valence electrons. The third-order valence-corrected chi connectivity index (χ3v) is 9.40. The predicted octanol–water partition coefficient (Wildman–Crippen LogP) is 5.64. The lowest BCUT2D eigenvalue weighted by atomic mass is 10.2. The fourth-order valence-electron chi connectivity index (χ4n) is 3.69. The molecule has 0 radical (unpaired) electrons. The molecule has 4 aromatic rings. The number of nitrogens with one attached hydrogen (secondary N) is 2. The first-order chi connectivity index (χ1) is 18.4. The summed E-state index contributed by atoms with van der Waals surface area (Å²) in [7, 11) is -0.617. The van der Waals surface area contributed by atoms with Crippen molar-refractivity contribution in [1.29, 1.82) is 0 Å². The van der Waals surface area contributed by atoms with E-state index in [0.29, 0.717) is 22.6 Å². The Hall–Kier alpha value is -3.49. The van der Waals surface area contributed by atoms with Crippen LogP contribution in [0.2, 0.25) is 0 Å². The van der Waals surface area contributed by atoms with Crippen LogP contribution >= 0.6 is 18.5 Å². The Morgan fingerprint density at radius 1 is 1.26 bits per heavy atom. The average Bonchev–Trinajstić information content (AvgIpc) is 3.44. The van der Waals surface area contributed by atoms with E-state index in [1.807, 2.05) is 19.9 Å². The second-order valence-electron chi connectivity index (χ2n) is 8.63. The molecule has 0 amide bonds. The average molecular weight is 552 g/mol. The van der Waals surface area contributed by atoms with Gasteiger partial charge in [-0.05, 0) is 69.2 Å². The number of aryl methyl sites for hydroxylation is 1. The monoisotopic (exact) mass is 551 g/mol. The zero-order valence-electron chi connectivity index (χ0n) is 21.8. The lowest BCUT2D eigenvalue weighted by molar-refractivity contribution is 0.236. The number of aromatic nitrogens is 4. The molecule has 38 heavy (non-hydrogen) atoms.